The van der Waals surface area contributed by atoms with Crippen molar-refractivity contribution in [1.82, 2.24) is 4.90 Å². The summed E-state index contributed by atoms with van der Waals surface area (Å²) in [5.41, 5.74) is 7.62. The van der Waals surface area contributed by atoms with E-state index in [-0.39, 0.29) is 0 Å². The van der Waals surface area contributed by atoms with Crippen LogP contribution in [0.1, 0.15) is 18.4 Å². The van der Waals surface area contributed by atoms with Crippen molar-refractivity contribution in [2.24, 2.45) is 17.6 Å². The molecule has 2 N–H and O–H groups in total. The summed E-state index contributed by atoms with van der Waals surface area (Å²) in [5.74, 6) is 1.67. The number of nitrogens with zero attached hydrogens (tertiary/aromatic N) is 1. The van der Waals surface area contributed by atoms with Gasteiger partial charge in [0.05, 0.1) is 0 Å². The van der Waals surface area contributed by atoms with E-state index >= 15 is 0 Å². The lowest BCUT2D eigenvalue weighted by molar-refractivity contribution is 0.309. The molecule has 2 aliphatic rings. The molecule has 1 aromatic carbocycles. The lowest BCUT2D eigenvalue weighted by Crippen LogP contribution is -2.31. The van der Waals surface area contributed by atoms with Crippen LogP contribution in [0.25, 0.3) is 0 Å². The first-order valence-electron chi connectivity index (χ1n) is 6.85. The Morgan fingerprint density at radius 1 is 1.12 bits per heavy atom. The quantitative estimate of drug-likeness (QED) is 0.859. The predicted molar refractivity (Wildman–Crippen MR) is 70.8 cm³/mol. The molecule has 1 aromatic rings. The lowest BCUT2D eigenvalue weighted by atomic mass is 9.98. The largest absolute Gasteiger partial charge is 0.327 e. The fraction of sp³-hybridized carbons (Fsp3) is 0.600. The summed E-state index contributed by atoms with van der Waals surface area (Å²) >= 11 is 0. The van der Waals surface area contributed by atoms with Gasteiger partial charge in [-0.3, -0.25) is 0 Å². The Morgan fingerprint density at radius 2 is 1.94 bits per heavy atom. The molecule has 1 saturated carbocycles. The highest BCUT2D eigenvalue weighted by Crippen LogP contribution is 2.36. The maximum Gasteiger partial charge on any atom is 0.00826 e. The van der Waals surface area contributed by atoms with Gasteiger partial charge in [0.2, 0.25) is 0 Å². The van der Waals surface area contributed by atoms with Gasteiger partial charge in [0, 0.05) is 25.7 Å². The average Bonchev–Trinajstić information content (AvgIpc) is 2.91. The summed E-state index contributed by atoms with van der Waals surface area (Å²) in [7, 11) is 0. The molecule has 3 atom stereocenters. The van der Waals surface area contributed by atoms with Crippen molar-refractivity contribution >= 4 is 0 Å². The van der Waals surface area contributed by atoms with Crippen molar-refractivity contribution in [1.29, 1.82) is 0 Å². The second-order valence-electron chi connectivity index (χ2n) is 5.66. The van der Waals surface area contributed by atoms with Crippen LogP contribution in [0, 0.1) is 11.8 Å². The summed E-state index contributed by atoms with van der Waals surface area (Å²) in [4.78, 5) is 2.61. The molecule has 0 amide bonds. The van der Waals surface area contributed by atoms with Gasteiger partial charge in [-0.25, -0.2) is 0 Å². The monoisotopic (exact) mass is 230 g/mol. The van der Waals surface area contributed by atoms with Crippen molar-refractivity contribution in [2.75, 3.05) is 19.6 Å². The molecule has 0 spiro atoms. The van der Waals surface area contributed by atoms with Crippen LogP contribution in [0.5, 0.6) is 0 Å². The molecule has 92 valence electrons. The van der Waals surface area contributed by atoms with Gasteiger partial charge in [-0.1, -0.05) is 30.3 Å². The molecule has 2 nitrogen and oxygen atoms in total. The van der Waals surface area contributed by atoms with E-state index in [0.717, 1.165) is 11.8 Å². The van der Waals surface area contributed by atoms with Gasteiger partial charge in [-0.2, -0.15) is 0 Å². The first-order chi connectivity index (χ1) is 8.33. The molecule has 2 heteroatoms. The van der Waals surface area contributed by atoms with E-state index in [4.69, 9.17) is 5.73 Å². The molecule has 0 radical (unpaired) electrons. The molecule has 17 heavy (non-hydrogen) atoms. The van der Waals surface area contributed by atoms with Crippen LogP contribution in [-0.2, 0) is 6.42 Å². The summed E-state index contributed by atoms with van der Waals surface area (Å²) in [6.45, 7) is 3.72. The van der Waals surface area contributed by atoms with E-state index in [1.807, 2.05) is 0 Å². The van der Waals surface area contributed by atoms with Crippen molar-refractivity contribution in [3.8, 4) is 0 Å². The van der Waals surface area contributed by atoms with Crippen LogP contribution in [0.3, 0.4) is 0 Å². The van der Waals surface area contributed by atoms with Gasteiger partial charge in [0.15, 0.2) is 0 Å². The van der Waals surface area contributed by atoms with Crippen LogP contribution in [-0.4, -0.2) is 30.6 Å². The summed E-state index contributed by atoms with van der Waals surface area (Å²) in [5, 5.41) is 0. The third kappa shape index (κ3) is 2.38. The minimum absolute atomic E-state index is 0.474. The molecule has 3 rings (SSSR count). The van der Waals surface area contributed by atoms with Gasteiger partial charge < -0.3 is 10.6 Å². The van der Waals surface area contributed by atoms with Gasteiger partial charge >= 0.3 is 0 Å². The summed E-state index contributed by atoms with van der Waals surface area (Å²) < 4.78 is 0. The Morgan fingerprint density at radius 3 is 2.71 bits per heavy atom. The van der Waals surface area contributed by atoms with Gasteiger partial charge in [-0.05, 0) is 36.7 Å². The summed E-state index contributed by atoms with van der Waals surface area (Å²) in [6.07, 6.45) is 3.78. The first-order valence-corrected chi connectivity index (χ1v) is 6.85. The average molecular weight is 230 g/mol. The maximum absolute atomic E-state index is 6.16. The fourth-order valence-corrected chi connectivity index (χ4v) is 3.51. The molecule has 1 aliphatic heterocycles. The van der Waals surface area contributed by atoms with Crippen molar-refractivity contribution in [3.63, 3.8) is 0 Å². The standard InChI is InChI=1S/C15H22N2/c16-15-7-6-13-10-17(11-14(13)15)9-8-12-4-2-1-3-5-12/h1-5,13-15H,6-11,16H2. The zero-order chi connectivity index (χ0) is 11.7. The predicted octanol–water partition coefficient (Wildman–Crippen LogP) is 1.90. The Bertz CT molecular complexity index is 362. The van der Waals surface area contributed by atoms with Crippen molar-refractivity contribution in [2.45, 2.75) is 25.3 Å². The molecule has 3 unspecified atom stereocenters. The number of likely N-dealkylation sites (tertiary alicyclic amines) is 1. The van der Waals surface area contributed by atoms with E-state index in [2.05, 4.69) is 35.2 Å². The zero-order valence-corrected chi connectivity index (χ0v) is 10.4. The van der Waals surface area contributed by atoms with Crippen LogP contribution < -0.4 is 5.73 Å². The Balaban J connectivity index is 1.52. The third-order valence-electron chi connectivity index (χ3n) is 4.55. The number of rotatable bonds is 3. The van der Waals surface area contributed by atoms with Crippen molar-refractivity contribution in [3.05, 3.63) is 35.9 Å². The van der Waals surface area contributed by atoms with E-state index < -0.39 is 0 Å². The first kappa shape index (κ1) is 11.2. The van der Waals surface area contributed by atoms with E-state index in [1.165, 1.54) is 44.5 Å². The van der Waals surface area contributed by atoms with Crippen LogP contribution >= 0.6 is 0 Å². The second-order valence-corrected chi connectivity index (χ2v) is 5.66. The number of nitrogens with two attached hydrogens (primary N) is 1. The van der Waals surface area contributed by atoms with Crippen LogP contribution in [0.2, 0.25) is 0 Å². The highest BCUT2D eigenvalue weighted by Gasteiger charge is 2.40. The molecular formula is C15H22N2. The Hall–Kier alpha value is -0.860. The smallest absolute Gasteiger partial charge is 0.00826 e. The fourth-order valence-electron chi connectivity index (χ4n) is 3.51. The highest BCUT2D eigenvalue weighted by molar-refractivity contribution is 5.15. The molecule has 0 aromatic heterocycles. The second kappa shape index (κ2) is 4.79. The normalized spacial score (nSPS) is 32.9. The number of benzene rings is 1. The molecule has 1 saturated heterocycles. The van der Waals surface area contributed by atoms with Gasteiger partial charge in [0.1, 0.15) is 0 Å². The maximum atomic E-state index is 6.16. The summed E-state index contributed by atoms with van der Waals surface area (Å²) in [6, 6.07) is 11.3. The van der Waals surface area contributed by atoms with E-state index in [1.54, 1.807) is 0 Å². The van der Waals surface area contributed by atoms with Crippen molar-refractivity contribution < 1.29 is 0 Å². The SMILES string of the molecule is NC1CCC2CN(CCc3ccccc3)CC12. The topological polar surface area (TPSA) is 29.3 Å². The van der Waals surface area contributed by atoms with E-state index in [9.17, 15) is 0 Å². The molecular weight excluding hydrogens is 208 g/mol. The lowest BCUT2D eigenvalue weighted by Gasteiger charge is -2.18. The Labute approximate surface area is 104 Å². The van der Waals surface area contributed by atoms with E-state index in [0.29, 0.717) is 6.04 Å². The number of hydrogen-bond donors (Lipinski definition) is 1. The Kier molecular flexibility index (Phi) is 3.17. The zero-order valence-electron chi connectivity index (χ0n) is 10.4. The number of fused-ring (bicyclic) bond motifs is 1. The van der Waals surface area contributed by atoms with Crippen LogP contribution in [0.15, 0.2) is 30.3 Å². The minimum atomic E-state index is 0.474. The minimum Gasteiger partial charge on any atom is -0.327 e. The molecule has 1 aliphatic carbocycles. The highest BCUT2D eigenvalue weighted by atomic mass is 15.2. The molecule has 2 fully saturated rings. The van der Waals surface area contributed by atoms with Crippen LogP contribution in [0.4, 0.5) is 0 Å². The molecule has 0 bridgehead atoms. The number of hydrogen-bond acceptors (Lipinski definition) is 2. The third-order valence-corrected chi connectivity index (χ3v) is 4.55. The van der Waals surface area contributed by atoms with Gasteiger partial charge in [-0.15, -0.1) is 0 Å². The molecule has 1 heterocycles. The van der Waals surface area contributed by atoms with Gasteiger partial charge in [0.25, 0.3) is 0 Å².